The molecule has 0 unspecified atom stereocenters. The third kappa shape index (κ3) is 6.68. The van der Waals surface area contributed by atoms with Crippen molar-refractivity contribution in [1.29, 1.82) is 0 Å². The lowest BCUT2D eigenvalue weighted by atomic mass is 10.0. The van der Waals surface area contributed by atoms with Gasteiger partial charge in [-0.1, -0.05) is 55.3 Å². The van der Waals surface area contributed by atoms with E-state index in [1.165, 1.54) is 12.1 Å². The predicted molar refractivity (Wildman–Crippen MR) is 119 cm³/mol. The van der Waals surface area contributed by atoms with E-state index in [2.05, 4.69) is 11.4 Å². The van der Waals surface area contributed by atoms with E-state index in [1.807, 2.05) is 46.8 Å². The van der Waals surface area contributed by atoms with Crippen LogP contribution in [-0.2, 0) is 22.6 Å². The first-order valence-corrected chi connectivity index (χ1v) is 10.6. The number of aryl methyl sites for hydroxylation is 2. The topological polar surface area (TPSA) is 49.4 Å². The normalized spacial score (nSPS) is 12.9. The zero-order valence-electron chi connectivity index (χ0n) is 18.7. The molecule has 0 radical (unpaired) electrons. The van der Waals surface area contributed by atoms with Gasteiger partial charge in [0, 0.05) is 12.6 Å². The average molecular weight is 413 g/mol. The summed E-state index contributed by atoms with van der Waals surface area (Å²) in [6, 6.07) is 11.6. The molecular weight excluding hydrogens is 379 g/mol. The third-order valence-electron chi connectivity index (χ3n) is 5.29. The quantitative estimate of drug-likeness (QED) is 0.649. The molecule has 0 saturated heterocycles. The highest BCUT2D eigenvalue weighted by molar-refractivity contribution is 5.88. The average Bonchev–Trinajstić information content (AvgIpc) is 2.68. The van der Waals surface area contributed by atoms with Crippen LogP contribution in [0.4, 0.5) is 4.39 Å². The molecule has 1 N–H and O–H groups in total. The lowest BCUT2D eigenvalue weighted by molar-refractivity contribution is -0.141. The molecule has 0 saturated carbocycles. The van der Waals surface area contributed by atoms with Crippen molar-refractivity contribution >= 4 is 11.8 Å². The van der Waals surface area contributed by atoms with E-state index < -0.39 is 6.04 Å². The maximum Gasteiger partial charge on any atom is 0.243 e. The number of rotatable bonds is 9. The first kappa shape index (κ1) is 23.6. The van der Waals surface area contributed by atoms with Gasteiger partial charge in [0.15, 0.2) is 0 Å². The summed E-state index contributed by atoms with van der Waals surface area (Å²) >= 11 is 0. The minimum Gasteiger partial charge on any atom is -0.352 e. The lowest BCUT2D eigenvalue weighted by Gasteiger charge is -2.31. The van der Waals surface area contributed by atoms with E-state index in [9.17, 15) is 14.0 Å². The monoisotopic (exact) mass is 412 g/mol. The Labute approximate surface area is 179 Å². The van der Waals surface area contributed by atoms with Gasteiger partial charge in [-0.05, 0) is 56.9 Å². The summed E-state index contributed by atoms with van der Waals surface area (Å²) in [6.07, 6.45) is 1.54. The number of hydrogen-bond donors (Lipinski definition) is 1. The molecule has 0 heterocycles. The zero-order valence-corrected chi connectivity index (χ0v) is 18.7. The van der Waals surface area contributed by atoms with Crippen molar-refractivity contribution in [2.75, 3.05) is 0 Å². The largest absolute Gasteiger partial charge is 0.352 e. The molecule has 0 aromatic heterocycles. The van der Waals surface area contributed by atoms with Crippen LogP contribution in [0.3, 0.4) is 0 Å². The molecule has 30 heavy (non-hydrogen) atoms. The Hall–Kier alpha value is -2.69. The number of benzene rings is 2. The summed E-state index contributed by atoms with van der Waals surface area (Å²) in [5.41, 5.74) is 3.92. The maximum atomic E-state index is 13.3. The lowest BCUT2D eigenvalue weighted by Crippen LogP contribution is -2.51. The third-order valence-corrected chi connectivity index (χ3v) is 5.29. The molecule has 4 nitrogen and oxygen atoms in total. The van der Waals surface area contributed by atoms with Gasteiger partial charge in [0.2, 0.25) is 11.8 Å². The second-order valence-electron chi connectivity index (χ2n) is 8.06. The van der Waals surface area contributed by atoms with E-state index in [4.69, 9.17) is 0 Å². The highest BCUT2D eigenvalue weighted by Gasteiger charge is 2.29. The zero-order chi connectivity index (χ0) is 22.3. The van der Waals surface area contributed by atoms with Gasteiger partial charge in [0.25, 0.3) is 0 Å². The van der Waals surface area contributed by atoms with Gasteiger partial charge in [-0.15, -0.1) is 0 Å². The van der Waals surface area contributed by atoms with Crippen molar-refractivity contribution in [2.24, 2.45) is 0 Å². The predicted octanol–water partition coefficient (Wildman–Crippen LogP) is 4.71. The van der Waals surface area contributed by atoms with E-state index in [0.717, 1.165) is 28.7 Å². The summed E-state index contributed by atoms with van der Waals surface area (Å²) in [6.45, 7) is 10.1. The number of carbonyl (C=O) groups is 2. The second-order valence-corrected chi connectivity index (χ2v) is 8.06. The molecule has 2 aromatic rings. The van der Waals surface area contributed by atoms with Crippen LogP contribution < -0.4 is 5.32 Å². The molecule has 0 spiro atoms. The SMILES string of the molecule is CC[C@@H](C)NC(=O)[C@@H](CC)N(Cc1ccc(F)cc1)C(=O)Cc1cc(C)cc(C)c1. The van der Waals surface area contributed by atoms with E-state index in [0.29, 0.717) is 6.42 Å². The smallest absolute Gasteiger partial charge is 0.243 e. The van der Waals surface area contributed by atoms with Gasteiger partial charge < -0.3 is 10.2 Å². The van der Waals surface area contributed by atoms with Gasteiger partial charge in [-0.2, -0.15) is 0 Å². The number of amides is 2. The number of nitrogens with zero attached hydrogens (tertiary/aromatic N) is 1. The van der Waals surface area contributed by atoms with Crippen LogP contribution in [0, 0.1) is 19.7 Å². The Bertz CT molecular complexity index is 844. The van der Waals surface area contributed by atoms with Gasteiger partial charge in [0.1, 0.15) is 11.9 Å². The van der Waals surface area contributed by atoms with Crippen LogP contribution in [0.1, 0.15) is 55.9 Å². The number of nitrogens with one attached hydrogen (secondary N) is 1. The molecule has 2 atom stereocenters. The Morgan fingerprint density at radius 3 is 2.10 bits per heavy atom. The van der Waals surface area contributed by atoms with Crippen LogP contribution in [0.2, 0.25) is 0 Å². The Morgan fingerprint density at radius 1 is 0.967 bits per heavy atom. The van der Waals surface area contributed by atoms with E-state index >= 15 is 0 Å². The van der Waals surface area contributed by atoms with Crippen LogP contribution in [0.5, 0.6) is 0 Å². The van der Waals surface area contributed by atoms with Crippen molar-refractivity contribution in [3.05, 3.63) is 70.5 Å². The number of hydrogen-bond acceptors (Lipinski definition) is 2. The van der Waals surface area contributed by atoms with Crippen molar-refractivity contribution in [3.8, 4) is 0 Å². The summed E-state index contributed by atoms with van der Waals surface area (Å²) in [7, 11) is 0. The maximum absolute atomic E-state index is 13.3. The fourth-order valence-electron chi connectivity index (χ4n) is 3.59. The highest BCUT2D eigenvalue weighted by atomic mass is 19.1. The molecular formula is C25H33FN2O2. The molecule has 0 aliphatic carbocycles. The van der Waals surface area contributed by atoms with Gasteiger partial charge in [-0.3, -0.25) is 9.59 Å². The fourth-order valence-corrected chi connectivity index (χ4v) is 3.59. The summed E-state index contributed by atoms with van der Waals surface area (Å²) in [5.74, 6) is -0.591. The van der Waals surface area contributed by atoms with Gasteiger partial charge >= 0.3 is 0 Å². The summed E-state index contributed by atoms with van der Waals surface area (Å²) in [5, 5.41) is 3.00. The van der Waals surface area contributed by atoms with Crippen molar-refractivity contribution < 1.29 is 14.0 Å². The molecule has 0 aliphatic rings. The van der Waals surface area contributed by atoms with Crippen LogP contribution in [0.15, 0.2) is 42.5 Å². The minimum atomic E-state index is -0.581. The second kappa shape index (κ2) is 10.9. The van der Waals surface area contributed by atoms with Crippen molar-refractivity contribution in [2.45, 2.75) is 72.5 Å². The van der Waals surface area contributed by atoms with Gasteiger partial charge in [-0.25, -0.2) is 4.39 Å². The molecule has 0 aliphatic heterocycles. The molecule has 2 aromatic carbocycles. The molecule has 162 valence electrons. The Morgan fingerprint density at radius 2 is 1.57 bits per heavy atom. The summed E-state index contributed by atoms with van der Waals surface area (Å²) < 4.78 is 13.3. The molecule has 2 rings (SSSR count). The van der Waals surface area contributed by atoms with Crippen LogP contribution in [0.25, 0.3) is 0 Å². The first-order valence-electron chi connectivity index (χ1n) is 10.6. The molecule has 0 fully saturated rings. The van der Waals surface area contributed by atoms with E-state index in [-0.39, 0.29) is 36.6 Å². The molecule has 5 heteroatoms. The first-order chi connectivity index (χ1) is 14.2. The van der Waals surface area contributed by atoms with Crippen LogP contribution >= 0.6 is 0 Å². The van der Waals surface area contributed by atoms with Crippen LogP contribution in [-0.4, -0.2) is 28.8 Å². The van der Waals surface area contributed by atoms with Gasteiger partial charge in [0.05, 0.1) is 6.42 Å². The van der Waals surface area contributed by atoms with Crippen molar-refractivity contribution in [3.63, 3.8) is 0 Å². The van der Waals surface area contributed by atoms with E-state index in [1.54, 1.807) is 17.0 Å². The standard InChI is InChI=1S/C25H33FN2O2/c1-6-19(5)27-25(30)23(7-2)28(16-20-8-10-22(26)11-9-20)24(29)15-21-13-17(3)12-18(4)14-21/h8-14,19,23H,6-7,15-16H2,1-5H3,(H,27,30)/t19-,23-/m1/s1. The number of halogens is 1. The molecule has 2 amide bonds. The van der Waals surface area contributed by atoms with Crippen molar-refractivity contribution in [1.82, 2.24) is 10.2 Å². The highest BCUT2D eigenvalue weighted by Crippen LogP contribution is 2.17. The Balaban J connectivity index is 2.31. The Kier molecular flexibility index (Phi) is 8.58. The summed E-state index contributed by atoms with van der Waals surface area (Å²) in [4.78, 5) is 27.9. The fraction of sp³-hybridized carbons (Fsp3) is 0.440. The number of carbonyl (C=O) groups excluding carboxylic acids is 2. The molecule has 0 bridgehead atoms. The minimum absolute atomic E-state index is 0.0359.